The summed E-state index contributed by atoms with van der Waals surface area (Å²) in [5.74, 6) is 0.295. The van der Waals surface area contributed by atoms with Gasteiger partial charge in [0.2, 0.25) is 0 Å². The van der Waals surface area contributed by atoms with Crippen LogP contribution < -0.4 is 9.47 Å². The summed E-state index contributed by atoms with van der Waals surface area (Å²) < 4.78 is 11.9. The maximum absolute atomic E-state index is 11.1. The molecular formula is C15H16N4O4. The van der Waals surface area contributed by atoms with E-state index in [9.17, 15) is 4.79 Å². The summed E-state index contributed by atoms with van der Waals surface area (Å²) in [6, 6.07) is 9.11. The first-order valence-electron chi connectivity index (χ1n) is 6.95. The largest absolute Gasteiger partial charge is 0.497 e. The van der Waals surface area contributed by atoms with Gasteiger partial charge in [-0.3, -0.25) is 0 Å². The molecule has 2 aromatic rings. The number of nitrogens with zero attached hydrogens (tertiary/aromatic N) is 4. The molecule has 23 heavy (non-hydrogen) atoms. The van der Waals surface area contributed by atoms with Gasteiger partial charge in [0.1, 0.15) is 18.0 Å². The summed E-state index contributed by atoms with van der Waals surface area (Å²) in [5, 5.41) is 25.1. The summed E-state index contributed by atoms with van der Waals surface area (Å²) in [4.78, 5) is 11.1. The van der Waals surface area contributed by atoms with Crippen LogP contribution in [0.5, 0.6) is 11.5 Å². The number of methoxy groups -OCH3 is 1. The molecule has 1 aromatic carbocycles. The Bertz CT molecular complexity index is 703. The molecule has 0 aliphatic heterocycles. The second-order valence-corrected chi connectivity index (χ2v) is 4.63. The molecule has 1 N–H and O–H groups in total. The molecule has 0 unspecified atom stereocenters. The summed E-state index contributed by atoms with van der Waals surface area (Å²) in [5.41, 5.74) is 0.307. The summed E-state index contributed by atoms with van der Waals surface area (Å²) in [6.45, 7) is 0.373. The van der Waals surface area contributed by atoms with Crippen molar-refractivity contribution in [3.63, 3.8) is 0 Å². The molecule has 0 saturated heterocycles. The van der Waals surface area contributed by atoms with Crippen molar-refractivity contribution < 1.29 is 19.4 Å². The normalized spacial score (nSPS) is 10.1. The Kier molecular flexibility index (Phi) is 5.52. The number of aromatic carboxylic acids is 1. The molecule has 0 atom stereocenters. The van der Waals surface area contributed by atoms with Crippen molar-refractivity contribution in [1.29, 1.82) is 5.26 Å². The Balaban J connectivity index is 1.91. The zero-order valence-corrected chi connectivity index (χ0v) is 12.6. The zero-order valence-electron chi connectivity index (χ0n) is 12.6. The number of carbonyl (C=O) groups is 1. The number of hydrogen-bond acceptors (Lipinski definition) is 6. The first-order valence-corrected chi connectivity index (χ1v) is 6.95. The van der Waals surface area contributed by atoms with E-state index < -0.39 is 5.97 Å². The van der Waals surface area contributed by atoms with Crippen LogP contribution in [-0.2, 0) is 13.0 Å². The standard InChI is InChI=1S/C15H16N4O4/c1-22-11-4-6-12(7-5-11)23-10-2-3-13-14(15(20)21)17-18-19(13)9-8-16/h4-7H,2-3,9-10H2,1H3,(H,20,21). The van der Waals surface area contributed by atoms with Crippen LogP contribution in [-0.4, -0.2) is 39.8 Å². The van der Waals surface area contributed by atoms with Gasteiger partial charge in [0.05, 0.1) is 25.5 Å². The molecule has 0 aliphatic rings. The lowest BCUT2D eigenvalue weighted by molar-refractivity contribution is 0.0689. The van der Waals surface area contributed by atoms with Crippen molar-refractivity contribution in [2.75, 3.05) is 13.7 Å². The molecule has 0 fully saturated rings. The van der Waals surface area contributed by atoms with Gasteiger partial charge in [-0.05, 0) is 37.1 Å². The number of rotatable bonds is 8. The Labute approximate surface area is 132 Å². The molecule has 8 heteroatoms. The number of hydrogen-bond donors (Lipinski definition) is 1. The lowest BCUT2D eigenvalue weighted by Crippen LogP contribution is -2.10. The minimum atomic E-state index is -1.15. The number of ether oxygens (including phenoxy) is 2. The van der Waals surface area contributed by atoms with Crippen molar-refractivity contribution in [3.05, 3.63) is 35.7 Å². The summed E-state index contributed by atoms with van der Waals surface area (Å²) in [6.07, 6.45) is 0.984. The monoisotopic (exact) mass is 316 g/mol. The molecule has 0 bridgehead atoms. The van der Waals surface area contributed by atoms with Crippen LogP contribution in [0.3, 0.4) is 0 Å². The third kappa shape index (κ3) is 4.20. The fraction of sp³-hybridized carbons (Fsp3) is 0.333. The van der Waals surface area contributed by atoms with Crippen LogP contribution in [0.1, 0.15) is 22.6 Å². The Hall–Kier alpha value is -3.08. The maximum Gasteiger partial charge on any atom is 0.358 e. The summed E-state index contributed by atoms with van der Waals surface area (Å²) >= 11 is 0. The van der Waals surface area contributed by atoms with Crippen LogP contribution >= 0.6 is 0 Å². The Morgan fingerprint density at radius 1 is 1.35 bits per heavy atom. The maximum atomic E-state index is 11.1. The second-order valence-electron chi connectivity index (χ2n) is 4.63. The molecule has 0 saturated carbocycles. The van der Waals surface area contributed by atoms with Crippen LogP contribution in [0.4, 0.5) is 0 Å². The van der Waals surface area contributed by atoms with E-state index >= 15 is 0 Å². The highest BCUT2D eigenvalue weighted by molar-refractivity contribution is 5.86. The molecule has 0 spiro atoms. The van der Waals surface area contributed by atoms with Gasteiger partial charge < -0.3 is 14.6 Å². The second kappa shape index (κ2) is 7.79. The van der Waals surface area contributed by atoms with Crippen LogP contribution in [0.15, 0.2) is 24.3 Å². The van der Waals surface area contributed by atoms with Gasteiger partial charge in [0, 0.05) is 0 Å². The van der Waals surface area contributed by atoms with Crippen molar-refractivity contribution in [2.24, 2.45) is 0 Å². The average molecular weight is 316 g/mol. The topological polar surface area (TPSA) is 110 Å². The van der Waals surface area contributed by atoms with E-state index in [0.29, 0.717) is 30.9 Å². The quantitative estimate of drug-likeness (QED) is 0.735. The van der Waals surface area contributed by atoms with Crippen molar-refractivity contribution in [2.45, 2.75) is 19.4 Å². The van der Waals surface area contributed by atoms with Gasteiger partial charge in [-0.25, -0.2) is 9.48 Å². The predicted octanol–water partition coefficient (Wildman–Crippen LogP) is 1.52. The van der Waals surface area contributed by atoms with Crippen LogP contribution in [0.2, 0.25) is 0 Å². The Morgan fingerprint density at radius 2 is 2.04 bits per heavy atom. The van der Waals surface area contributed by atoms with Gasteiger partial charge in [-0.1, -0.05) is 5.21 Å². The third-order valence-electron chi connectivity index (χ3n) is 3.15. The van der Waals surface area contributed by atoms with E-state index in [1.54, 1.807) is 31.4 Å². The number of benzene rings is 1. The van der Waals surface area contributed by atoms with Crippen molar-refractivity contribution in [1.82, 2.24) is 15.0 Å². The highest BCUT2D eigenvalue weighted by atomic mass is 16.5. The number of carboxylic acid groups (broad SMARTS) is 1. The van der Waals surface area contributed by atoms with E-state index in [1.165, 1.54) is 4.68 Å². The van der Waals surface area contributed by atoms with Gasteiger partial charge in [0.25, 0.3) is 0 Å². The van der Waals surface area contributed by atoms with Gasteiger partial charge in [-0.15, -0.1) is 5.10 Å². The first kappa shape index (κ1) is 16.3. The number of nitriles is 1. The van der Waals surface area contributed by atoms with Gasteiger partial charge in [0.15, 0.2) is 5.69 Å². The van der Waals surface area contributed by atoms with E-state index in [1.807, 2.05) is 6.07 Å². The SMILES string of the molecule is COc1ccc(OCCCc2c(C(=O)O)nnn2CC#N)cc1. The minimum absolute atomic E-state index is 0.0328. The smallest absolute Gasteiger partial charge is 0.358 e. The minimum Gasteiger partial charge on any atom is -0.497 e. The lowest BCUT2D eigenvalue weighted by atomic mass is 10.2. The molecule has 120 valence electrons. The fourth-order valence-electron chi connectivity index (χ4n) is 2.04. The molecular weight excluding hydrogens is 300 g/mol. The molecule has 0 radical (unpaired) electrons. The van der Waals surface area contributed by atoms with E-state index in [4.69, 9.17) is 19.8 Å². The van der Waals surface area contributed by atoms with E-state index in [-0.39, 0.29) is 12.2 Å². The highest BCUT2D eigenvalue weighted by Crippen LogP contribution is 2.17. The third-order valence-corrected chi connectivity index (χ3v) is 3.15. The van der Waals surface area contributed by atoms with E-state index in [2.05, 4.69) is 10.3 Å². The van der Waals surface area contributed by atoms with Crippen LogP contribution in [0, 0.1) is 11.3 Å². The summed E-state index contributed by atoms with van der Waals surface area (Å²) in [7, 11) is 1.59. The lowest BCUT2D eigenvalue weighted by Gasteiger charge is -2.07. The molecule has 1 heterocycles. The molecule has 0 amide bonds. The van der Waals surface area contributed by atoms with Crippen molar-refractivity contribution >= 4 is 5.97 Å². The average Bonchev–Trinajstić information content (AvgIpc) is 2.95. The molecule has 0 aliphatic carbocycles. The first-order chi connectivity index (χ1) is 11.2. The zero-order chi connectivity index (χ0) is 16.7. The van der Waals surface area contributed by atoms with Crippen LogP contribution in [0.25, 0.3) is 0 Å². The van der Waals surface area contributed by atoms with Crippen molar-refractivity contribution in [3.8, 4) is 17.6 Å². The van der Waals surface area contributed by atoms with Gasteiger partial charge in [-0.2, -0.15) is 5.26 Å². The fourth-order valence-corrected chi connectivity index (χ4v) is 2.04. The predicted molar refractivity (Wildman–Crippen MR) is 79.4 cm³/mol. The molecule has 2 rings (SSSR count). The Morgan fingerprint density at radius 3 is 2.65 bits per heavy atom. The van der Waals surface area contributed by atoms with E-state index in [0.717, 1.165) is 5.75 Å². The number of aromatic nitrogens is 3. The number of carboxylic acids is 1. The van der Waals surface area contributed by atoms with Gasteiger partial charge >= 0.3 is 5.97 Å². The molecule has 8 nitrogen and oxygen atoms in total. The molecule has 1 aromatic heterocycles. The highest BCUT2D eigenvalue weighted by Gasteiger charge is 2.18.